The quantitative estimate of drug-likeness (QED) is 0.123. The first-order valence-corrected chi connectivity index (χ1v) is 20.8. The van der Waals surface area contributed by atoms with Crippen LogP contribution in [0.15, 0.2) is 205 Å². The number of aliphatic imine (C=N–C) groups is 1. The van der Waals surface area contributed by atoms with Gasteiger partial charge in [-0.05, 0) is 72.6 Å². The Labute approximate surface area is 350 Å². The zero-order valence-electron chi connectivity index (χ0n) is 33.3. The molecule has 1 heterocycles. The lowest BCUT2D eigenvalue weighted by Crippen LogP contribution is -2.21. The number of ether oxygens (including phenoxy) is 1. The number of hydrogen-bond acceptors (Lipinski definition) is 3. The Bertz CT molecular complexity index is 3220. The monoisotopic (exact) mass is 770 g/mol. The van der Waals surface area contributed by atoms with E-state index in [4.69, 9.17) is 9.73 Å². The molecule has 9 aromatic carbocycles. The maximum Gasteiger partial charge on any atom is 0.135 e. The van der Waals surface area contributed by atoms with Crippen LogP contribution in [0, 0.1) is 0 Å². The van der Waals surface area contributed by atoms with Gasteiger partial charge in [-0.15, -0.1) is 0 Å². The highest BCUT2D eigenvalue weighted by Gasteiger charge is 2.38. The first-order valence-electron chi connectivity index (χ1n) is 20.8. The molecule has 11 rings (SSSR count). The zero-order chi connectivity index (χ0) is 40.0. The van der Waals surface area contributed by atoms with E-state index in [0.29, 0.717) is 0 Å². The lowest BCUT2D eigenvalue weighted by atomic mass is 9.82. The van der Waals surface area contributed by atoms with Gasteiger partial charge in [0.25, 0.3) is 0 Å². The molecule has 0 spiro atoms. The molecule has 0 aromatic heterocycles. The molecule has 9 aromatic rings. The van der Waals surface area contributed by atoms with Gasteiger partial charge in [-0.3, -0.25) is 4.99 Å². The maximum atomic E-state index is 7.01. The van der Waals surface area contributed by atoms with Crippen LogP contribution in [0.25, 0.3) is 71.3 Å². The summed E-state index contributed by atoms with van der Waals surface area (Å²) >= 11 is 0. The predicted molar refractivity (Wildman–Crippen MR) is 254 cm³/mol. The largest absolute Gasteiger partial charge is 0.484 e. The van der Waals surface area contributed by atoms with Crippen LogP contribution in [-0.2, 0) is 6.42 Å². The fourth-order valence-electron chi connectivity index (χ4n) is 9.47. The minimum Gasteiger partial charge on any atom is -0.484 e. The van der Waals surface area contributed by atoms with E-state index in [-0.39, 0.29) is 12.0 Å². The second-order valence-corrected chi connectivity index (χ2v) is 15.8. The van der Waals surface area contributed by atoms with Crippen LogP contribution in [0.2, 0.25) is 0 Å². The fourth-order valence-corrected chi connectivity index (χ4v) is 9.47. The number of nitrogens with zero attached hydrogens (tertiary/aromatic N) is 1. The molecule has 2 unspecified atom stereocenters. The van der Waals surface area contributed by atoms with Crippen molar-refractivity contribution >= 4 is 55.5 Å². The van der Waals surface area contributed by atoms with Crippen LogP contribution >= 0.6 is 0 Å². The second kappa shape index (κ2) is 15.0. The molecule has 2 aliphatic rings. The summed E-state index contributed by atoms with van der Waals surface area (Å²) in [5, 5.41) is 10.7. The molecule has 3 nitrogen and oxygen atoms in total. The van der Waals surface area contributed by atoms with E-state index >= 15 is 0 Å². The van der Waals surface area contributed by atoms with E-state index in [0.717, 1.165) is 40.1 Å². The molecule has 3 heteroatoms. The van der Waals surface area contributed by atoms with Gasteiger partial charge < -0.3 is 10.1 Å². The van der Waals surface area contributed by atoms with Crippen molar-refractivity contribution in [2.24, 2.45) is 4.99 Å². The van der Waals surface area contributed by atoms with Crippen molar-refractivity contribution in [2.45, 2.75) is 18.4 Å². The molecule has 0 radical (unpaired) electrons. The van der Waals surface area contributed by atoms with Crippen molar-refractivity contribution < 1.29 is 4.74 Å². The van der Waals surface area contributed by atoms with Crippen molar-refractivity contribution in [3.05, 3.63) is 217 Å². The topological polar surface area (TPSA) is 33.6 Å². The number of nitrogens with one attached hydrogen (secondary N) is 1. The number of hydrogen-bond donors (Lipinski definition) is 1. The van der Waals surface area contributed by atoms with Crippen LogP contribution < -0.4 is 10.1 Å². The number of allylic oxidation sites excluding steroid dienone is 2. The van der Waals surface area contributed by atoms with E-state index in [9.17, 15) is 0 Å². The van der Waals surface area contributed by atoms with Crippen molar-refractivity contribution in [3.63, 3.8) is 0 Å². The third-order valence-electron chi connectivity index (χ3n) is 12.3. The van der Waals surface area contributed by atoms with Gasteiger partial charge >= 0.3 is 0 Å². The molecular formula is C57H42N2O. The first kappa shape index (κ1) is 35.7. The van der Waals surface area contributed by atoms with Gasteiger partial charge in [0.2, 0.25) is 0 Å². The average Bonchev–Trinajstić information content (AvgIpc) is 3.71. The van der Waals surface area contributed by atoms with Gasteiger partial charge in [-0.1, -0.05) is 188 Å². The third-order valence-corrected chi connectivity index (χ3v) is 12.3. The van der Waals surface area contributed by atoms with E-state index < -0.39 is 0 Å². The standard InChI is InChI=1S/C57H42N2O/c1-58-54-49-25-6-4-23-47(49)48-24-5-7-26-50(48)55(54)59-33-32-37-14-8-17-39(34-37)40-18-9-19-41(35-40)42-20-10-21-43(36-42)45-27-12-30-52-53-31-13-29-51(57(53)60-56(45)52)46-28-11-16-38-15-2-3-22-44(38)46/h2-31,33-36,53,57-58H,32H2,1H3/b59-33-. The molecule has 1 aliphatic heterocycles. The smallest absolute Gasteiger partial charge is 0.135 e. The summed E-state index contributed by atoms with van der Waals surface area (Å²) in [5.74, 6) is 1.14. The highest BCUT2D eigenvalue weighted by molar-refractivity contribution is 6.19. The highest BCUT2D eigenvalue weighted by atomic mass is 16.5. The summed E-state index contributed by atoms with van der Waals surface area (Å²) in [6.45, 7) is 0. The molecule has 286 valence electrons. The van der Waals surface area contributed by atoms with Crippen molar-refractivity contribution in [1.29, 1.82) is 0 Å². The van der Waals surface area contributed by atoms with E-state index in [1.165, 1.54) is 71.4 Å². The number of fused-ring (bicyclic) bond motifs is 7. The lowest BCUT2D eigenvalue weighted by Gasteiger charge is -2.24. The minimum atomic E-state index is -0.0803. The molecule has 0 fully saturated rings. The molecule has 1 N–H and O–H groups in total. The SMILES string of the molecule is CNc1c(/N=C\Cc2cccc(-c3cccc(-c4cccc(-c5cccc6c5OC5C(c7cccc8ccccc78)=CC=CC65)c4)c3)c2)c2ccccc2c2ccccc12. The zero-order valence-corrected chi connectivity index (χ0v) is 33.3. The third kappa shape index (κ3) is 6.18. The number of anilines is 1. The summed E-state index contributed by atoms with van der Waals surface area (Å²) in [6, 6.07) is 65.5. The van der Waals surface area contributed by atoms with Gasteiger partial charge in [0.15, 0.2) is 0 Å². The number of rotatable bonds is 8. The Kier molecular flexibility index (Phi) is 8.93. The van der Waals surface area contributed by atoms with Gasteiger partial charge in [-0.25, -0.2) is 0 Å². The van der Waals surface area contributed by atoms with Crippen molar-refractivity contribution in [1.82, 2.24) is 0 Å². The Morgan fingerprint density at radius 2 is 1.13 bits per heavy atom. The molecule has 0 bridgehead atoms. The Morgan fingerprint density at radius 3 is 1.92 bits per heavy atom. The van der Waals surface area contributed by atoms with Crippen LogP contribution in [0.1, 0.15) is 22.6 Å². The Morgan fingerprint density at radius 1 is 0.550 bits per heavy atom. The highest BCUT2D eigenvalue weighted by Crippen LogP contribution is 2.51. The summed E-state index contributed by atoms with van der Waals surface area (Å²) in [5.41, 5.74) is 13.9. The molecule has 0 saturated carbocycles. The summed E-state index contributed by atoms with van der Waals surface area (Å²) in [4.78, 5) is 5.11. The van der Waals surface area contributed by atoms with Crippen LogP contribution in [-0.4, -0.2) is 19.4 Å². The molecule has 2 atom stereocenters. The van der Waals surface area contributed by atoms with E-state index in [2.05, 4.69) is 212 Å². The molecule has 1 aliphatic carbocycles. The maximum absolute atomic E-state index is 7.01. The van der Waals surface area contributed by atoms with Crippen molar-refractivity contribution in [3.8, 4) is 39.1 Å². The summed E-state index contributed by atoms with van der Waals surface area (Å²) in [6.07, 6.45) is 9.43. The van der Waals surface area contributed by atoms with Gasteiger partial charge in [-0.2, -0.15) is 0 Å². The molecule has 60 heavy (non-hydrogen) atoms. The second-order valence-electron chi connectivity index (χ2n) is 15.8. The Balaban J connectivity index is 0.867. The Hall–Kier alpha value is -7.49. The average molecular weight is 771 g/mol. The minimum absolute atomic E-state index is 0.0803. The first-order chi connectivity index (χ1) is 29.7. The van der Waals surface area contributed by atoms with Gasteiger partial charge in [0, 0.05) is 53.1 Å². The normalized spacial score (nSPS) is 15.6. The summed E-state index contributed by atoms with van der Waals surface area (Å²) in [7, 11) is 1.98. The van der Waals surface area contributed by atoms with Crippen LogP contribution in [0.5, 0.6) is 5.75 Å². The summed E-state index contributed by atoms with van der Waals surface area (Å²) < 4.78 is 7.01. The number of benzene rings is 9. The van der Waals surface area contributed by atoms with E-state index in [1.807, 2.05) is 7.05 Å². The van der Waals surface area contributed by atoms with Gasteiger partial charge in [0.05, 0.1) is 11.4 Å². The van der Waals surface area contributed by atoms with Gasteiger partial charge in [0.1, 0.15) is 11.9 Å². The van der Waals surface area contributed by atoms with Crippen LogP contribution in [0.3, 0.4) is 0 Å². The predicted octanol–water partition coefficient (Wildman–Crippen LogP) is 14.6. The van der Waals surface area contributed by atoms with Crippen molar-refractivity contribution in [2.75, 3.05) is 12.4 Å². The fraction of sp³-hybridized carbons (Fsp3) is 0.0702. The molecular weight excluding hydrogens is 729 g/mol. The van der Waals surface area contributed by atoms with Crippen LogP contribution in [0.4, 0.5) is 11.4 Å². The molecule has 0 saturated heterocycles. The number of para-hydroxylation sites is 1. The lowest BCUT2D eigenvalue weighted by molar-refractivity contribution is 0.279. The molecule has 0 amide bonds. The van der Waals surface area contributed by atoms with E-state index in [1.54, 1.807) is 0 Å².